The van der Waals surface area contributed by atoms with Crippen LogP contribution < -0.4 is 21.2 Å². The molecule has 5 heterocycles. The van der Waals surface area contributed by atoms with Crippen LogP contribution in [0.15, 0.2) is 71.9 Å². The van der Waals surface area contributed by atoms with Gasteiger partial charge < -0.3 is 25.5 Å². The highest BCUT2D eigenvalue weighted by molar-refractivity contribution is 5.94. The molecule has 7 rings (SSSR count). The molecule has 0 radical (unpaired) electrons. The zero-order chi connectivity index (χ0) is 34.2. The first-order valence-electron chi connectivity index (χ1n) is 15.4. The number of carbonyl (C=O) groups is 2. The molecule has 12 nitrogen and oxygen atoms in total. The van der Waals surface area contributed by atoms with Crippen LogP contribution in [-0.2, 0) is 24.4 Å². The van der Waals surface area contributed by atoms with Crippen LogP contribution in [0.25, 0.3) is 16.9 Å². The van der Waals surface area contributed by atoms with Crippen molar-refractivity contribution in [3.05, 3.63) is 94.6 Å². The molecule has 2 aromatic heterocycles. The smallest absolute Gasteiger partial charge is 0.475 e. The number of nitrogens with one attached hydrogen (secondary N) is 2. The van der Waals surface area contributed by atoms with Gasteiger partial charge in [-0.3, -0.25) is 13.9 Å². The fourth-order valence-corrected chi connectivity index (χ4v) is 6.73. The van der Waals surface area contributed by atoms with Crippen LogP contribution in [0.1, 0.15) is 28.7 Å². The van der Waals surface area contributed by atoms with E-state index in [1.807, 2.05) is 49.4 Å². The molecule has 3 aliphatic rings. The van der Waals surface area contributed by atoms with Gasteiger partial charge in [0.05, 0.1) is 17.1 Å². The van der Waals surface area contributed by atoms with Crippen molar-refractivity contribution in [3.8, 4) is 16.9 Å². The standard InChI is InChI=1S/C31H34N8O2.C2HF3O2/c1-21-15-38-27(14-33-21)28(29(40)34-13-22-5-3-4-6-25(22)26-11-12-32-20-35-26)39(30(38)41)24-9-7-23(8-10-24)37-18-31(19-37)16-36(2)17-31;3-2(4,5)1(6)7/h3-12,20-21,33H,13-19H2,1-2H3,(H,34,40);(H,6,7). The highest BCUT2D eigenvalue weighted by Gasteiger charge is 2.50. The molecule has 1 amide bonds. The first-order chi connectivity index (χ1) is 22.8. The molecule has 48 heavy (non-hydrogen) atoms. The van der Waals surface area contributed by atoms with Crippen LogP contribution in [0.2, 0.25) is 0 Å². The molecule has 15 heteroatoms. The Labute approximate surface area is 273 Å². The van der Waals surface area contributed by atoms with Gasteiger partial charge in [0.2, 0.25) is 0 Å². The number of nitrogens with zero attached hydrogens (tertiary/aromatic N) is 6. The molecule has 0 aliphatic carbocycles. The van der Waals surface area contributed by atoms with Crippen molar-refractivity contribution in [2.45, 2.75) is 38.8 Å². The van der Waals surface area contributed by atoms with E-state index < -0.39 is 12.1 Å². The first kappa shape index (κ1) is 32.9. The number of aliphatic carboxylic acids is 1. The summed E-state index contributed by atoms with van der Waals surface area (Å²) in [5.41, 5.74) is 5.83. The van der Waals surface area contributed by atoms with E-state index in [0.717, 1.165) is 48.7 Å². The third kappa shape index (κ3) is 6.55. The molecular weight excluding hydrogens is 629 g/mol. The summed E-state index contributed by atoms with van der Waals surface area (Å²) < 4.78 is 35.0. The molecule has 3 N–H and O–H groups in total. The Bertz CT molecular complexity index is 1860. The Balaban J connectivity index is 0.000000519. The quantitative estimate of drug-likeness (QED) is 0.284. The van der Waals surface area contributed by atoms with Gasteiger partial charge >= 0.3 is 17.8 Å². The van der Waals surface area contributed by atoms with E-state index in [-0.39, 0.29) is 17.6 Å². The van der Waals surface area contributed by atoms with Crippen molar-refractivity contribution in [2.75, 3.05) is 38.1 Å². The molecule has 2 fully saturated rings. The van der Waals surface area contributed by atoms with Gasteiger partial charge in [-0.05, 0) is 49.9 Å². The second-order valence-electron chi connectivity index (χ2n) is 12.6. The van der Waals surface area contributed by atoms with E-state index in [1.54, 1.807) is 15.3 Å². The molecule has 2 saturated heterocycles. The number of fused-ring (bicyclic) bond motifs is 1. The number of hydrogen-bond acceptors (Lipinski definition) is 8. The maximum absolute atomic E-state index is 13.8. The molecule has 0 bridgehead atoms. The molecule has 1 atom stereocenters. The fourth-order valence-electron chi connectivity index (χ4n) is 6.73. The van der Waals surface area contributed by atoms with Gasteiger partial charge in [0.25, 0.3) is 5.91 Å². The first-order valence-corrected chi connectivity index (χ1v) is 15.4. The minimum Gasteiger partial charge on any atom is -0.475 e. The zero-order valence-corrected chi connectivity index (χ0v) is 26.4. The lowest BCUT2D eigenvalue weighted by molar-refractivity contribution is -0.192. The van der Waals surface area contributed by atoms with E-state index in [4.69, 9.17) is 9.90 Å². The van der Waals surface area contributed by atoms with E-state index in [0.29, 0.717) is 42.1 Å². The van der Waals surface area contributed by atoms with Crippen LogP contribution in [-0.4, -0.2) is 86.4 Å². The number of imidazole rings is 1. The number of halogens is 3. The Kier molecular flexibility index (Phi) is 8.83. The topological polar surface area (TPSA) is 138 Å². The largest absolute Gasteiger partial charge is 0.490 e. The number of rotatable bonds is 6. The fraction of sp³-hybridized carbons (Fsp3) is 0.364. The van der Waals surface area contributed by atoms with Crippen LogP contribution in [0, 0.1) is 5.41 Å². The summed E-state index contributed by atoms with van der Waals surface area (Å²) in [6.45, 7) is 7.74. The number of amides is 1. The molecular formula is C33H35F3N8O4. The number of carboxylic acids is 1. The van der Waals surface area contributed by atoms with Gasteiger partial charge in [0.15, 0.2) is 0 Å². The second-order valence-corrected chi connectivity index (χ2v) is 12.6. The molecule has 4 aromatic rings. The predicted molar refractivity (Wildman–Crippen MR) is 171 cm³/mol. The van der Waals surface area contributed by atoms with Gasteiger partial charge in [-0.15, -0.1) is 0 Å². The van der Waals surface area contributed by atoms with Gasteiger partial charge in [-0.25, -0.2) is 19.6 Å². The van der Waals surface area contributed by atoms with Crippen molar-refractivity contribution < 1.29 is 27.9 Å². The van der Waals surface area contributed by atoms with Crippen molar-refractivity contribution >= 4 is 17.6 Å². The average molecular weight is 665 g/mol. The molecule has 0 saturated carbocycles. The number of benzene rings is 2. The van der Waals surface area contributed by atoms with Crippen LogP contribution in [0.5, 0.6) is 0 Å². The molecule has 1 unspecified atom stereocenters. The van der Waals surface area contributed by atoms with Crippen LogP contribution in [0.4, 0.5) is 18.9 Å². The predicted octanol–water partition coefficient (Wildman–Crippen LogP) is 2.90. The van der Waals surface area contributed by atoms with Crippen molar-refractivity contribution in [1.82, 2.24) is 34.6 Å². The van der Waals surface area contributed by atoms with E-state index in [2.05, 4.69) is 49.6 Å². The number of hydrogen-bond donors (Lipinski definition) is 3. The van der Waals surface area contributed by atoms with Gasteiger partial charge in [-0.1, -0.05) is 24.3 Å². The zero-order valence-electron chi connectivity index (χ0n) is 26.4. The lowest BCUT2D eigenvalue weighted by Crippen LogP contribution is -2.71. The normalized spacial score (nSPS) is 18.2. The minimum absolute atomic E-state index is 0.137. The van der Waals surface area contributed by atoms with E-state index >= 15 is 0 Å². The van der Waals surface area contributed by atoms with Crippen molar-refractivity contribution in [1.29, 1.82) is 0 Å². The maximum Gasteiger partial charge on any atom is 0.490 e. The number of likely N-dealkylation sites (tertiary alicyclic amines) is 1. The lowest BCUT2D eigenvalue weighted by Gasteiger charge is -2.60. The second kappa shape index (κ2) is 12.9. The number of alkyl halides is 3. The number of carboxylic acid groups (broad SMARTS) is 1. The average Bonchev–Trinajstić information content (AvgIpc) is 3.32. The van der Waals surface area contributed by atoms with Crippen molar-refractivity contribution in [3.63, 3.8) is 0 Å². The summed E-state index contributed by atoms with van der Waals surface area (Å²) in [5.74, 6) is -3.04. The van der Waals surface area contributed by atoms with Gasteiger partial charge in [0.1, 0.15) is 12.0 Å². The summed E-state index contributed by atoms with van der Waals surface area (Å²) in [5, 5.41) is 13.6. The third-order valence-corrected chi connectivity index (χ3v) is 8.83. The number of aromatic nitrogens is 4. The Hall–Kier alpha value is -5.02. The Morgan fingerprint density at radius 3 is 2.33 bits per heavy atom. The summed E-state index contributed by atoms with van der Waals surface area (Å²) in [6.07, 6.45) is -1.86. The number of anilines is 1. The summed E-state index contributed by atoms with van der Waals surface area (Å²) >= 11 is 0. The SMILES string of the molecule is CC1Cn2c(c(C(=O)NCc3ccccc3-c3ccncn3)n(-c3ccc(N4CC5(CN(C)C5)C4)cc3)c2=O)CN1.O=C(O)C(F)(F)F. The highest BCUT2D eigenvalue weighted by Crippen LogP contribution is 2.41. The van der Waals surface area contributed by atoms with Crippen LogP contribution in [0.3, 0.4) is 0 Å². The molecule has 1 spiro atoms. The van der Waals surface area contributed by atoms with Crippen LogP contribution >= 0.6 is 0 Å². The molecule has 2 aromatic carbocycles. The Morgan fingerprint density at radius 1 is 1.04 bits per heavy atom. The summed E-state index contributed by atoms with van der Waals surface area (Å²) in [7, 11) is 2.17. The minimum atomic E-state index is -5.08. The third-order valence-electron chi connectivity index (χ3n) is 8.83. The summed E-state index contributed by atoms with van der Waals surface area (Å²) in [6, 6.07) is 17.9. The lowest BCUT2D eigenvalue weighted by atomic mass is 9.73. The Morgan fingerprint density at radius 2 is 1.71 bits per heavy atom. The molecule has 3 aliphatic heterocycles. The van der Waals surface area contributed by atoms with E-state index in [9.17, 15) is 22.8 Å². The van der Waals surface area contributed by atoms with E-state index in [1.165, 1.54) is 6.33 Å². The van der Waals surface area contributed by atoms with Gasteiger partial charge in [-0.2, -0.15) is 13.2 Å². The van der Waals surface area contributed by atoms with Gasteiger partial charge in [0, 0.05) is 74.7 Å². The number of carbonyl (C=O) groups excluding carboxylic acids is 1. The molecule has 252 valence electrons. The van der Waals surface area contributed by atoms with Crippen molar-refractivity contribution in [2.24, 2.45) is 5.41 Å². The monoisotopic (exact) mass is 664 g/mol. The highest BCUT2D eigenvalue weighted by atomic mass is 19.4. The maximum atomic E-state index is 13.8. The summed E-state index contributed by atoms with van der Waals surface area (Å²) in [4.78, 5) is 49.6.